The van der Waals surface area contributed by atoms with Gasteiger partial charge in [0.1, 0.15) is 0 Å². The molecule has 0 saturated carbocycles. The molecule has 14 heteroatoms. The highest BCUT2D eigenvalue weighted by molar-refractivity contribution is 6.71. The molecule has 9 rings (SSSR count). The molecule has 13 nitrogen and oxygen atoms in total. The van der Waals surface area contributed by atoms with E-state index in [1.807, 2.05) is 85.8 Å². The van der Waals surface area contributed by atoms with Gasteiger partial charge in [-0.2, -0.15) is 19.6 Å². The standard InChI is InChI=1S/C48H46N6O7Si/c1-31-44(62(2,3)60)42(26-43(56)51(22-23-55)29-32-12-5-4-6-13-32)61-48(31)40-25-37(54-46(58)39-19-10-8-16-35(39)28-50-54)20-21-41(40)52(47(48)59)30-33-14-11-17-36(24-33)53-45(57)38-18-9-7-15-34(38)27-49-53/h4-21,24-25,27-28,31,42,44,55,60H,22-23,26,29-30H2,1-3H3/t31-,42+,44-,48+/m0/s1. The molecule has 314 valence electrons. The highest BCUT2D eigenvalue weighted by Gasteiger charge is 2.66. The predicted molar refractivity (Wildman–Crippen MR) is 239 cm³/mol. The van der Waals surface area contributed by atoms with E-state index in [0.717, 1.165) is 10.9 Å². The van der Waals surface area contributed by atoms with Crippen LogP contribution in [0.4, 0.5) is 5.69 Å². The van der Waals surface area contributed by atoms with Crippen molar-refractivity contribution in [3.8, 4) is 11.4 Å². The summed E-state index contributed by atoms with van der Waals surface area (Å²) in [6, 6.07) is 36.5. The van der Waals surface area contributed by atoms with Crippen molar-refractivity contribution in [3.05, 3.63) is 171 Å². The number of carbonyl (C=O) groups is 2. The van der Waals surface area contributed by atoms with Crippen LogP contribution in [0.25, 0.3) is 32.9 Å². The van der Waals surface area contributed by atoms with E-state index in [4.69, 9.17) is 4.74 Å². The number of hydrogen-bond donors (Lipinski definition) is 2. The first-order valence-corrected chi connectivity index (χ1v) is 23.7. The van der Waals surface area contributed by atoms with E-state index in [2.05, 4.69) is 10.2 Å². The Hall–Kier alpha value is -6.58. The van der Waals surface area contributed by atoms with E-state index in [1.54, 1.807) is 77.8 Å². The number of hydrogen-bond acceptors (Lipinski definition) is 9. The smallest absolute Gasteiger partial charge is 0.279 e. The number of ether oxygens (including phenoxy) is 1. The van der Waals surface area contributed by atoms with Gasteiger partial charge in [-0.05, 0) is 66.7 Å². The highest BCUT2D eigenvalue weighted by Crippen LogP contribution is 2.60. The Labute approximate surface area is 358 Å². The minimum absolute atomic E-state index is 0.0862. The van der Waals surface area contributed by atoms with Gasteiger partial charge in [-0.15, -0.1) is 0 Å². The first-order valence-electron chi connectivity index (χ1n) is 20.7. The molecule has 62 heavy (non-hydrogen) atoms. The molecule has 1 saturated heterocycles. The van der Waals surface area contributed by atoms with Gasteiger partial charge in [-0.25, -0.2) is 0 Å². The number of benzene rings is 5. The summed E-state index contributed by atoms with van der Waals surface area (Å²) in [4.78, 5) is 72.4. The SMILES string of the molecule is C[C@H]1[C@H]([Si](C)(C)O)[C@@H](CC(=O)N(CCO)Cc2ccccc2)O[C@]12C(=O)N(Cc1cccc(-n3ncc4ccccc4c3=O)c1)c1ccc(-n3ncc4ccccc4c3=O)cc12. The third kappa shape index (κ3) is 7.04. The molecule has 0 unspecified atom stereocenters. The van der Waals surface area contributed by atoms with Gasteiger partial charge in [0.25, 0.3) is 17.0 Å². The molecule has 2 aromatic heterocycles. The molecule has 4 atom stereocenters. The second-order valence-electron chi connectivity index (χ2n) is 16.7. The third-order valence-electron chi connectivity index (χ3n) is 12.4. The first-order chi connectivity index (χ1) is 29.9. The Morgan fingerprint density at radius 2 is 1.37 bits per heavy atom. The van der Waals surface area contributed by atoms with Crippen molar-refractivity contribution in [2.24, 2.45) is 5.92 Å². The molecule has 1 fully saturated rings. The minimum atomic E-state index is -3.19. The lowest BCUT2D eigenvalue weighted by Gasteiger charge is -2.32. The number of aliphatic hydroxyl groups excluding tert-OH is 1. The minimum Gasteiger partial charge on any atom is -0.432 e. The van der Waals surface area contributed by atoms with E-state index in [1.165, 1.54) is 9.36 Å². The number of rotatable bonds is 11. The number of aliphatic hydroxyl groups is 1. The Kier molecular flexibility index (Phi) is 10.6. The van der Waals surface area contributed by atoms with Gasteiger partial charge in [0.05, 0.1) is 65.9 Å². The Morgan fingerprint density at radius 1 is 0.774 bits per heavy atom. The molecule has 2 N–H and O–H groups in total. The van der Waals surface area contributed by atoms with E-state index in [0.29, 0.717) is 44.3 Å². The maximum Gasteiger partial charge on any atom is 0.279 e. The zero-order valence-electron chi connectivity index (χ0n) is 34.6. The summed E-state index contributed by atoms with van der Waals surface area (Å²) >= 11 is 0. The van der Waals surface area contributed by atoms with Gasteiger partial charge in [-0.1, -0.05) is 85.8 Å². The zero-order valence-corrected chi connectivity index (χ0v) is 35.6. The summed E-state index contributed by atoms with van der Waals surface area (Å²) in [5, 5.41) is 21.4. The molecule has 1 spiro atoms. The van der Waals surface area contributed by atoms with Crippen molar-refractivity contribution in [1.82, 2.24) is 24.5 Å². The first kappa shape index (κ1) is 40.8. The molecular formula is C48H46N6O7Si. The molecule has 0 aliphatic carbocycles. The van der Waals surface area contributed by atoms with E-state index in [9.17, 15) is 24.3 Å². The molecular weight excluding hydrogens is 801 g/mol. The number of aromatic nitrogens is 4. The van der Waals surface area contributed by atoms with Crippen LogP contribution in [0.15, 0.2) is 143 Å². The number of carbonyl (C=O) groups excluding carboxylic acids is 2. The van der Waals surface area contributed by atoms with Crippen LogP contribution in [0, 0.1) is 5.92 Å². The number of nitrogens with zero attached hydrogens (tertiary/aromatic N) is 6. The van der Waals surface area contributed by atoms with Crippen molar-refractivity contribution < 1.29 is 24.2 Å². The fourth-order valence-electron chi connectivity index (χ4n) is 9.59. The Bertz CT molecular complexity index is 2990. The van der Waals surface area contributed by atoms with Crippen molar-refractivity contribution in [2.45, 2.75) is 56.8 Å². The fourth-order valence-corrected chi connectivity index (χ4v) is 12.1. The van der Waals surface area contributed by atoms with Crippen molar-refractivity contribution in [3.63, 3.8) is 0 Å². The van der Waals surface area contributed by atoms with Gasteiger partial charge in [0.2, 0.25) is 5.91 Å². The fraction of sp³-hybridized carbons (Fsp3) is 0.250. The van der Waals surface area contributed by atoms with Gasteiger partial charge < -0.3 is 24.4 Å². The molecule has 0 bridgehead atoms. The molecule has 7 aromatic rings. The average molecular weight is 847 g/mol. The quantitative estimate of drug-likeness (QED) is 0.153. The maximum absolute atomic E-state index is 15.5. The van der Waals surface area contributed by atoms with Gasteiger partial charge in [0, 0.05) is 40.9 Å². The average Bonchev–Trinajstić information content (AvgIpc) is 3.69. The van der Waals surface area contributed by atoms with Crippen molar-refractivity contribution in [1.29, 1.82) is 0 Å². The van der Waals surface area contributed by atoms with E-state index in [-0.39, 0.29) is 55.6 Å². The summed E-state index contributed by atoms with van der Waals surface area (Å²) < 4.78 is 9.72. The van der Waals surface area contributed by atoms with Crippen LogP contribution < -0.4 is 16.0 Å². The predicted octanol–water partition coefficient (Wildman–Crippen LogP) is 5.84. The molecule has 2 amide bonds. The second kappa shape index (κ2) is 16.0. The van der Waals surface area contributed by atoms with Crippen LogP contribution in [0.5, 0.6) is 0 Å². The monoisotopic (exact) mass is 846 g/mol. The lowest BCUT2D eigenvalue weighted by Crippen LogP contribution is -2.46. The maximum atomic E-state index is 15.5. The van der Waals surface area contributed by atoms with Crippen LogP contribution in [-0.2, 0) is 33.0 Å². The molecule has 2 aliphatic rings. The number of amides is 2. The van der Waals surface area contributed by atoms with Crippen molar-refractivity contribution >= 4 is 47.4 Å². The van der Waals surface area contributed by atoms with E-state index < -0.39 is 31.5 Å². The van der Waals surface area contributed by atoms with Crippen LogP contribution in [0.1, 0.15) is 30.0 Å². The topological polar surface area (TPSA) is 160 Å². The zero-order chi connectivity index (χ0) is 43.3. The second-order valence-corrected chi connectivity index (χ2v) is 20.7. The summed E-state index contributed by atoms with van der Waals surface area (Å²) in [7, 11) is -3.19. The highest BCUT2D eigenvalue weighted by atomic mass is 28.4. The van der Waals surface area contributed by atoms with Gasteiger partial charge >= 0.3 is 0 Å². The number of fused-ring (bicyclic) bond motifs is 4. The third-order valence-corrected chi connectivity index (χ3v) is 14.9. The summed E-state index contributed by atoms with van der Waals surface area (Å²) in [6.45, 7) is 5.69. The lowest BCUT2D eigenvalue weighted by atomic mass is 9.82. The van der Waals surface area contributed by atoms with E-state index >= 15 is 4.79 Å². The largest absolute Gasteiger partial charge is 0.432 e. The van der Waals surface area contributed by atoms with Gasteiger partial charge in [-0.3, -0.25) is 19.2 Å². The summed E-state index contributed by atoms with van der Waals surface area (Å²) in [6.07, 6.45) is 2.27. The van der Waals surface area contributed by atoms with Crippen LogP contribution >= 0.6 is 0 Å². The molecule has 0 radical (unpaired) electrons. The molecule has 5 aromatic carbocycles. The number of anilines is 1. The van der Waals surface area contributed by atoms with Crippen LogP contribution in [0.2, 0.25) is 18.6 Å². The van der Waals surface area contributed by atoms with Crippen LogP contribution in [0.3, 0.4) is 0 Å². The summed E-state index contributed by atoms with van der Waals surface area (Å²) in [5.41, 5.74) is 0.741. The normalized spacial score (nSPS) is 19.7. The Morgan fingerprint density at radius 3 is 2.00 bits per heavy atom. The molecule has 4 heterocycles. The van der Waals surface area contributed by atoms with Crippen molar-refractivity contribution in [2.75, 3.05) is 18.1 Å². The van der Waals surface area contributed by atoms with Crippen LogP contribution in [-0.4, -0.2) is 73.8 Å². The Balaban J connectivity index is 1.14. The summed E-state index contributed by atoms with van der Waals surface area (Å²) in [5.74, 6) is -1.28. The van der Waals surface area contributed by atoms with Gasteiger partial charge in [0.15, 0.2) is 13.9 Å². The molecule has 2 aliphatic heterocycles. The lowest BCUT2D eigenvalue weighted by molar-refractivity contribution is -0.150.